The minimum Gasteiger partial charge on any atom is -0.330 e. The van der Waals surface area contributed by atoms with Crippen molar-refractivity contribution in [2.75, 3.05) is 6.54 Å². The average molecular weight is 328 g/mol. The quantitative estimate of drug-likeness (QED) is 0.809. The van der Waals surface area contributed by atoms with E-state index in [0.29, 0.717) is 5.25 Å². The van der Waals surface area contributed by atoms with E-state index in [4.69, 9.17) is 5.73 Å². The highest BCUT2D eigenvalue weighted by Gasteiger charge is 2.34. The maximum absolute atomic E-state index is 6.05. The molecule has 1 saturated carbocycles. The molecule has 18 heavy (non-hydrogen) atoms. The third kappa shape index (κ3) is 2.94. The number of hydrogen-bond donors (Lipinski definition) is 1. The van der Waals surface area contributed by atoms with Gasteiger partial charge in [-0.3, -0.25) is 0 Å². The molecular weight excluding hydrogens is 306 g/mol. The van der Waals surface area contributed by atoms with Crippen molar-refractivity contribution in [1.82, 2.24) is 0 Å². The second-order valence-electron chi connectivity index (χ2n) is 5.50. The van der Waals surface area contributed by atoms with Crippen LogP contribution in [-0.4, -0.2) is 11.8 Å². The highest BCUT2D eigenvalue weighted by molar-refractivity contribution is 9.10. The van der Waals surface area contributed by atoms with Crippen molar-refractivity contribution in [1.29, 1.82) is 0 Å². The van der Waals surface area contributed by atoms with Crippen LogP contribution >= 0.6 is 27.7 Å². The lowest BCUT2D eigenvalue weighted by Gasteiger charge is -2.28. The van der Waals surface area contributed by atoms with Crippen molar-refractivity contribution in [3.63, 3.8) is 0 Å². The van der Waals surface area contributed by atoms with Gasteiger partial charge in [0.15, 0.2) is 0 Å². The Morgan fingerprint density at radius 2 is 2.00 bits per heavy atom. The van der Waals surface area contributed by atoms with E-state index in [1.54, 1.807) is 0 Å². The summed E-state index contributed by atoms with van der Waals surface area (Å²) in [5, 5.41) is 0.613. The summed E-state index contributed by atoms with van der Waals surface area (Å²) in [6.45, 7) is 5.23. The van der Waals surface area contributed by atoms with E-state index in [1.807, 2.05) is 11.8 Å². The Morgan fingerprint density at radius 1 is 1.33 bits per heavy atom. The molecule has 0 aromatic heterocycles. The SMILES string of the molecule is CC(C)Sc1ccc(C2(CN)CCCC2)cc1Br. The van der Waals surface area contributed by atoms with E-state index in [9.17, 15) is 0 Å². The Hall–Kier alpha value is 0.01000. The molecule has 2 N–H and O–H groups in total. The minimum atomic E-state index is 0.240. The number of hydrogen-bond acceptors (Lipinski definition) is 2. The third-order valence-electron chi connectivity index (χ3n) is 3.86. The minimum absolute atomic E-state index is 0.240. The van der Waals surface area contributed by atoms with Crippen molar-refractivity contribution < 1.29 is 0 Å². The molecule has 0 unspecified atom stereocenters. The lowest BCUT2D eigenvalue weighted by atomic mass is 9.79. The average Bonchev–Trinajstić information content (AvgIpc) is 2.81. The first-order valence-electron chi connectivity index (χ1n) is 6.74. The van der Waals surface area contributed by atoms with Crippen molar-refractivity contribution in [2.45, 2.75) is 55.1 Å². The Morgan fingerprint density at radius 3 is 2.50 bits per heavy atom. The zero-order chi connectivity index (χ0) is 13.2. The molecule has 0 radical (unpaired) electrons. The Kier molecular flexibility index (Phi) is 4.79. The zero-order valence-electron chi connectivity index (χ0n) is 11.2. The van der Waals surface area contributed by atoms with E-state index < -0.39 is 0 Å². The summed E-state index contributed by atoms with van der Waals surface area (Å²) in [4.78, 5) is 1.33. The van der Waals surface area contributed by atoms with Gasteiger partial charge in [0.05, 0.1) is 0 Å². The maximum Gasteiger partial charge on any atom is 0.0314 e. The molecule has 1 aromatic carbocycles. The first-order chi connectivity index (χ1) is 8.57. The van der Waals surface area contributed by atoms with Crippen molar-refractivity contribution in [3.05, 3.63) is 28.2 Å². The molecule has 0 aliphatic heterocycles. The lowest BCUT2D eigenvalue weighted by molar-refractivity contribution is 0.452. The summed E-state index contributed by atoms with van der Waals surface area (Å²) in [6.07, 6.45) is 5.12. The van der Waals surface area contributed by atoms with Crippen LogP contribution in [0.1, 0.15) is 45.1 Å². The van der Waals surface area contributed by atoms with Gasteiger partial charge in [0.1, 0.15) is 0 Å². The summed E-state index contributed by atoms with van der Waals surface area (Å²) >= 11 is 5.62. The number of halogens is 1. The maximum atomic E-state index is 6.05. The predicted octanol–water partition coefficient (Wildman–Crippen LogP) is 4.72. The fourth-order valence-corrected chi connectivity index (χ4v) is 4.33. The van der Waals surface area contributed by atoms with Gasteiger partial charge in [-0.25, -0.2) is 0 Å². The fourth-order valence-electron chi connectivity index (χ4n) is 2.84. The molecule has 0 amide bonds. The molecule has 0 heterocycles. The van der Waals surface area contributed by atoms with Gasteiger partial charge in [0.25, 0.3) is 0 Å². The van der Waals surface area contributed by atoms with E-state index in [-0.39, 0.29) is 5.41 Å². The first kappa shape index (κ1) is 14.4. The van der Waals surface area contributed by atoms with Gasteiger partial charge in [0.2, 0.25) is 0 Å². The monoisotopic (exact) mass is 327 g/mol. The fraction of sp³-hybridized carbons (Fsp3) is 0.600. The van der Waals surface area contributed by atoms with Gasteiger partial charge < -0.3 is 5.73 Å². The highest BCUT2D eigenvalue weighted by Crippen LogP contribution is 2.42. The van der Waals surface area contributed by atoms with Crippen LogP contribution in [0.4, 0.5) is 0 Å². The van der Waals surface area contributed by atoms with Crippen molar-refractivity contribution >= 4 is 27.7 Å². The van der Waals surface area contributed by atoms with Crippen LogP contribution in [0.5, 0.6) is 0 Å². The molecule has 2 rings (SSSR count). The topological polar surface area (TPSA) is 26.0 Å². The van der Waals surface area contributed by atoms with Crippen LogP contribution in [0.2, 0.25) is 0 Å². The van der Waals surface area contributed by atoms with Crippen LogP contribution in [0.3, 0.4) is 0 Å². The molecule has 0 bridgehead atoms. The molecule has 1 aliphatic carbocycles. The van der Waals surface area contributed by atoms with E-state index in [2.05, 4.69) is 48.0 Å². The molecule has 1 aliphatic rings. The molecule has 1 nitrogen and oxygen atoms in total. The van der Waals surface area contributed by atoms with Crippen LogP contribution in [0.25, 0.3) is 0 Å². The summed E-state index contributed by atoms with van der Waals surface area (Å²) in [5.74, 6) is 0. The smallest absolute Gasteiger partial charge is 0.0314 e. The molecule has 1 fully saturated rings. The van der Waals surface area contributed by atoms with Gasteiger partial charge in [-0.1, -0.05) is 32.8 Å². The second kappa shape index (κ2) is 5.98. The van der Waals surface area contributed by atoms with Crippen molar-refractivity contribution in [2.24, 2.45) is 5.73 Å². The van der Waals surface area contributed by atoms with E-state index >= 15 is 0 Å². The summed E-state index contributed by atoms with van der Waals surface area (Å²) in [5.41, 5.74) is 7.71. The molecule has 100 valence electrons. The second-order valence-corrected chi connectivity index (χ2v) is 7.98. The number of nitrogens with two attached hydrogens (primary N) is 1. The highest BCUT2D eigenvalue weighted by atomic mass is 79.9. The van der Waals surface area contributed by atoms with Crippen LogP contribution in [-0.2, 0) is 5.41 Å². The summed E-state index contributed by atoms with van der Waals surface area (Å²) in [7, 11) is 0. The number of rotatable bonds is 4. The zero-order valence-corrected chi connectivity index (χ0v) is 13.6. The predicted molar refractivity (Wildman–Crippen MR) is 84.3 cm³/mol. The van der Waals surface area contributed by atoms with Crippen LogP contribution < -0.4 is 5.73 Å². The van der Waals surface area contributed by atoms with Gasteiger partial charge >= 0.3 is 0 Å². The van der Waals surface area contributed by atoms with Gasteiger partial charge in [0, 0.05) is 26.6 Å². The van der Waals surface area contributed by atoms with Crippen molar-refractivity contribution in [3.8, 4) is 0 Å². The lowest BCUT2D eigenvalue weighted by Crippen LogP contribution is -2.31. The Balaban J connectivity index is 2.27. The molecule has 3 heteroatoms. The van der Waals surface area contributed by atoms with Crippen LogP contribution in [0, 0.1) is 0 Å². The van der Waals surface area contributed by atoms with Gasteiger partial charge in [-0.2, -0.15) is 0 Å². The summed E-state index contributed by atoms with van der Waals surface area (Å²) in [6, 6.07) is 6.83. The third-order valence-corrected chi connectivity index (χ3v) is 5.86. The first-order valence-corrected chi connectivity index (χ1v) is 8.41. The molecule has 0 spiro atoms. The Bertz CT molecular complexity index is 411. The molecule has 0 atom stereocenters. The normalized spacial score (nSPS) is 18.5. The van der Waals surface area contributed by atoms with E-state index in [1.165, 1.54) is 40.6 Å². The van der Waals surface area contributed by atoms with Gasteiger partial charge in [-0.15, -0.1) is 11.8 Å². The standard InChI is InChI=1S/C15H22BrNS/c1-11(2)18-14-6-5-12(9-13(14)16)15(10-17)7-3-4-8-15/h5-6,9,11H,3-4,7-8,10,17H2,1-2H3. The van der Waals surface area contributed by atoms with Crippen LogP contribution in [0.15, 0.2) is 27.6 Å². The largest absolute Gasteiger partial charge is 0.330 e. The van der Waals surface area contributed by atoms with E-state index in [0.717, 1.165) is 6.54 Å². The molecular formula is C15H22BrNS. The number of benzene rings is 1. The Labute approximate surface area is 123 Å². The van der Waals surface area contributed by atoms with Gasteiger partial charge in [-0.05, 0) is 46.5 Å². The molecule has 0 saturated heterocycles. The summed E-state index contributed by atoms with van der Waals surface area (Å²) < 4.78 is 1.22. The number of thioether (sulfide) groups is 1. The molecule has 1 aromatic rings.